The molecule has 86 valence electrons. The summed E-state index contributed by atoms with van der Waals surface area (Å²) >= 11 is 0. The molecule has 1 aliphatic heterocycles. The minimum absolute atomic E-state index is 0.338. The normalized spacial score (nSPS) is 14.2. The minimum Gasteiger partial charge on any atom is -0.478 e. The third-order valence-corrected chi connectivity index (χ3v) is 2.77. The van der Waals surface area contributed by atoms with Crippen molar-refractivity contribution in [2.75, 3.05) is 29.9 Å². The molecule has 0 fully saturated rings. The third kappa shape index (κ3) is 1.96. The van der Waals surface area contributed by atoms with Crippen LogP contribution in [0.5, 0.6) is 0 Å². The zero-order valence-electron chi connectivity index (χ0n) is 9.36. The number of anilines is 2. The van der Waals surface area contributed by atoms with E-state index in [0.717, 1.165) is 37.4 Å². The fourth-order valence-electron chi connectivity index (χ4n) is 2.03. The predicted octanol–water partition coefficient (Wildman–Crippen LogP) is 2.03. The number of hydrogen-bond donors (Lipinski definition) is 2. The second-order valence-electron chi connectivity index (χ2n) is 3.95. The molecule has 4 heteroatoms. The van der Waals surface area contributed by atoms with Crippen LogP contribution < -0.4 is 10.2 Å². The molecule has 1 heterocycles. The van der Waals surface area contributed by atoms with E-state index in [0.29, 0.717) is 5.56 Å². The molecule has 0 aliphatic carbocycles. The average molecular weight is 220 g/mol. The Morgan fingerprint density at radius 2 is 2.38 bits per heavy atom. The van der Waals surface area contributed by atoms with Crippen LogP contribution in [0.4, 0.5) is 11.4 Å². The molecule has 4 nitrogen and oxygen atoms in total. The number of carbonyl (C=O) groups is 1. The number of rotatable bonds is 3. The number of nitrogens with zero attached hydrogens (tertiary/aromatic N) is 1. The van der Waals surface area contributed by atoms with Gasteiger partial charge in [0.15, 0.2) is 0 Å². The predicted molar refractivity (Wildman–Crippen MR) is 64.4 cm³/mol. The Bertz CT molecular complexity index is 404. The first-order valence-corrected chi connectivity index (χ1v) is 5.58. The minimum atomic E-state index is -0.878. The number of fused-ring (bicyclic) bond motifs is 1. The lowest BCUT2D eigenvalue weighted by Crippen LogP contribution is -2.34. The van der Waals surface area contributed by atoms with Crippen LogP contribution >= 0.6 is 0 Å². The van der Waals surface area contributed by atoms with Crippen LogP contribution in [0.2, 0.25) is 0 Å². The van der Waals surface area contributed by atoms with E-state index in [1.807, 2.05) is 6.07 Å². The fraction of sp³-hybridized carbons (Fsp3) is 0.417. The van der Waals surface area contributed by atoms with Crippen molar-refractivity contribution in [2.24, 2.45) is 0 Å². The van der Waals surface area contributed by atoms with Gasteiger partial charge in [-0.15, -0.1) is 0 Å². The summed E-state index contributed by atoms with van der Waals surface area (Å²) in [5.41, 5.74) is 2.38. The number of carboxylic acids is 1. The molecule has 0 radical (unpaired) electrons. The highest BCUT2D eigenvalue weighted by atomic mass is 16.4. The van der Waals surface area contributed by atoms with Gasteiger partial charge in [-0.1, -0.05) is 6.92 Å². The van der Waals surface area contributed by atoms with Crippen molar-refractivity contribution in [2.45, 2.75) is 13.3 Å². The Hall–Kier alpha value is -1.71. The van der Waals surface area contributed by atoms with Crippen LogP contribution in [-0.2, 0) is 0 Å². The summed E-state index contributed by atoms with van der Waals surface area (Å²) in [6.45, 7) is 5.01. The van der Waals surface area contributed by atoms with E-state index in [4.69, 9.17) is 5.11 Å². The maximum Gasteiger partial charge on any atom is 0.335 e. The first-order valence-electron chi connectivity index (χ1n) is 5.58. The van der Waals surface area contributed by atoms with Gasteiger partial charge < -0.3 is 15.3 Å². The van der Waals surface area contributed by atoms with Crippen LogP contribution in [0, 0.1) is 0 Å². The SMILES string of the molecule is CCCN1CCNc2cc(C(=O)O)ccc21. The van der Waals surface area contributed by atoms with Gasteiger partial charge in [0.1, 0.15) is 0 Å². The lowest BCUT2D eigenvalue weighted by molar-refractivity contribution is 0.0697. The van der Waals surface area contributed by atoms with Crippen LogP contribution in [0.25, 0.3) is 0 Å². The molecule has 0 spiro atoms. The molecular formula is C12H16N2O2. The molecule has 0 amide bonds. The van der Waals surface area contributed by atoms with Gasteiger partial charge in [-0.3, -0.25) is 0 Å². The Balaban J connectivity index is 2.32. The molecule has 1 aromatic carbocycles. The van der Waals surface area contributed by atoms with E-state index >= 15 is 0 Å². The molecule has 0 saturated carbocycles. The van der Waals surface area contributed by atoms with Gasteiger partial charge in [-0.2, -0.15) is 0 Å². The lowest BCUT2D eigenvalue weighted by atomic mass is 10.1. The molecule has 1 aromatic rings. The Labute approximate surface area is 94.9 Å². The number of carboxylic acid groups (broad SMARTS) is 1. The van der Waals surface area contributed by atoms with Crippen molar-refractivity contribution in [3.63, 3.8) is 0 Å². The molecule has 0 bridgehead atoms. The van der Waals surface area contributed by atoms with Gasteiger partial charge in [-0.25, -0.2) is 4.79 Å². The number of hydrogen-bond acceptors (Lipinski definition) is 3. The maximum atomic E-state index is 10.9. The summed E-state index contributed by atoms with van der Waals surface area (Å²) in [4.78, 5) is 13.1. The zero-order valence-corrected chi connectivity index (χ0v) is 9.36. The van der Waals surface area contributed by atoms with Crippen LogP contribution in [0.3, 0.4) is 0 Å². The smallest absolute Gasteiger partial charge is 0.335 e. The van der Waals surface area contributed by atoms with Gasteiger partial charge in [0.2, 0.25) is 0 Å². The lowest BCUT2D eigenvalue weighted by Gasteiger charge is -2.32. The number of benzene rings is 1. The summed E-state index contributed by atoms with van der Waals surface area (Å²) in [7, 11) is 0. The van der Waals surface area contributed by atoms with Crippen molar-refractivity contribution < 1.29 is 9.90 Å². The Kier molecular flexibility index (Phi) is 2.99. The first-order chi connectivity index (χ1) is 7.72. The standard InChI is InChI=1S/C12H16N2O2/c1-2-6-14-7-5-13-10-8-9(12(15)16)3-4-11(10)14/h3-4,8,13H,2,5-7H2,1H3,(H,15,16). The molecule has 0 saturated heterocycles. The molecule has 1 aliphatic rings. The Morgan fingerprint density at radius 1 is 1.56 bits per heavy atom. The first kappa shape index (κ1) is 10.8. The van der Waals surface area contributed by atoms with Crippen LogP contribution in [-0.4, -0.2) is 30.7 Å². The van der Waals surface area contributed by atoms with Crippen molar-refractivity contribution >= 4 is 17.3 Å². The molecule has 0 atom stereocenters. The second kappa shape index (κ2) is 4.43. The van der Waals surface area contributed by atoms with E-state index in [1.165, 1.54) is 0 Å². The van der Waals surface area contributed by atoms with E-state index in [2.05, 4.69) is 17.1 Å². The van der Waals surface area contributed by atoms with Gasteiger partial charge in [-0.05, 0) is 24.6 Å². The van der Waals surface area contributed by atoms with Crippen molar-refractivity contribution in [3.8, 4) is 0 Å². The van der Waals surface area contributed by atoms with Crippen LogP contribution in [0.1, 0.15) is 23.7 Å². The van der Waals surface area contributed by atoms with Crippen molar-refractivity contribution in [1.29, 1.82) is 0 Å². The zero-order chi connectivity index (χ0) is 11.5. The highest BCUT2D eigenvalue weighted by Crippen LogP contribution is 2.29. The summed E-state index contributed by atoms with van der Waals surface area (Å²) < 4.78 is 0. The summed E-state index contributed by atoms with van der Waals surface area (Å²) in [5, 5.41) is 12.2. The molecule has 2 N–H and O–H groups in total. The summed E-state index contributed by atoms with van der Waals surface area (Å²) in [6, 6.07) is 5.26. The molecule has 2 rings (SSSR count). The molecular weight excluding hydrogens is 204 g/mol. The number of aromatic carboxylic acids is 1. The second-order valence-corrected chi connectivity index (χ2v) is 3.95. The van der Waals surface area contributed by atoms with E-state index in [-0.39, 0.29) is 0 Å². The molecule has 16 heavy (non-hydrogen) atoms. The van der Waals surface area contributed by atoms with Gasteiger partial charge in [0.25, 0.3) is 0 Å². The molecule has 0 unspecified atom stereocenters. The fourth-order valence-corrected chi connectivity index (χ4v) is 2.03. The monoisotopic (exact) mass is 220 g/mol. The van der Waals surface area contributed by atoms with E-state index < -0.39 is 5.97 Å². The van der Waals surface area contributed by atoms with Gasteiger partial charge >= 0.3 is 5.97 Å². The van der Waals surface area contributed by atoms with E-state index in [9.17, 15) is 4.79 Å². The highest BCUT2D eigenvalue weighted by molar-refractivity contribution is 5.91. The van der Waals surface area contributed by atoms with E-state index in [1.54, 1.807) is 12.1 Å². The van der Waals surface area contributed by atoms with Crippen molar-refractivity contribution in [1.82, 2.24) is 0 Å². The largest absolute Gasteiger partial charge is 0.478 e. The van der Waals surface area contributed by atoms with Crippen molar-refractivity contribution in [3.05, 3.63) is 23.8 Å². The third-order valence-electron chi connectivity index (χ3n) is 2.77. The summed E-state index contributed by atoms with van der Waals surface area (Å²) in [6.07, 6.45) is 1.10. The topological polar surface area (TPSA) is 52.6 Å². The molecule has 0 aromatic heterocycles. The number of nitrogens with one attached hydrogen (secondary N) is 1. The summed E-state index contributed by atoms with van der Waals surface area (Å²) in [5.74, 6) is -0.878. The maximum absolute atomic E-state index is 10.9. The van der Waals surface area contributed by atoms with Crippen LogP contribution in [0.15, 0.2) is 18.2 Å². The quantitative estimate of drug-likeness (QED) is 0.818. The average Bonchev–Trinajstić information content (AvgIpc) is 2.29. The van der Waals surface area contributed by atoms with Gasteiger partial charge in [0.05, 0.1) is 16.9 Å². The Morgan fingerprint density at radius 3 is 3.06 bits per heavy atom. The van der Waals surface area contributed by atoms with Gasteiger partial charge in [0, 0.05) is 19.6 Å². The highest BCUT2D eigenvalue weighted by Gasteiger charge is 2.17.